The largest absolute Gasteiger partial charge is 0.335 e. The molecular formula is C15H27N3. The van der Waals surface area contributed by atoms with Crippen LogP contribution < -0.4 is 5.32 Å². The van der Waals surface area contributed by atoms with E-state index in [0.29, 0.717) is 5.41 Å². The number of rotatable bonds is 4. The van der Waals surface area contributed by atoms with E-state index in [2.05, 4.69) is 35.6 Å². The van der Waals surface area contributed by atoms with E-state index in [-0.39, 0.29) is 0 Å². The molecule has 0 bridgehead atoms. The summed E-state index contributed by atoms with van der Waals surface area (Å²) in [4.78, 5) is 4.32. The van der Waals surface area contributed by atoms with Crippen molar-refractivity contribution in [1.82, 2.24) is 14.9 Å². The fourth-order valence-electron chi connectivity index (χ4n) is 2.73. The molecule has 1 atom stereocenters. The number of hydrogen-bond acceptors (Lipinski definition) is 2. The van der Waals surface area contributed by atoms with Crippen molar-refractivity contribution in [2.75, 3.05) is 13.1 Å². The summed E-state index contributed by atoms with van der Waals surface area (Å²) in [5.74, 6) is 0.851. The molecule has 2 rings (SSSR count). The molecule has 0 aliphatic carbocycles. The molecule has 2 heterocycles. The van der Waals surface area contributed by atoms with Crippen LogP contribution in [-0.2, 0) is 13.0 Å². The minimum Gasteiger partial charge on any atom is -0.335 e. The third-order valence-electron chi connectivity index (χ3n) is 3.69. The van der Waals surface area contributed by atoms with Gasteiger partial charge in [-0.2, -0.15) is 0 Å². The molecule has 1 aliphatic rings. The molecule has 1 fully saturated rings. The molecule has 1 saturated heterocycles. The Kier molecular flexibility index (Phi) is 4.44. The number of hydrogen-bond donors (Lipinski definition) is 1. The summed E-state index contributed by atoms with van der Waals surface area (Å²) < 4.78 is 2.35. The molecule has 0 radical (unpaired) electrons. The standard InChI is InChI=1S/C15H27N3/c1-15(2,3)9-14-11-17-12-18(14)8-6-13-5-4-7-16-10-13/h11-13,16H,4-10H2,1-3H3. The zero-order valence-corrected chi connectivity index (χ0v) is 12.1. The number of aromatic nitrogens is 2. The third kappa shape index (κ3) is 4.13. The number of imidazole rings is 1. The molecule has 1 aromatic rings. The predicted octanol–water partition coefficient (Wildman–Crippen LogP) is 2.86. The Morgan fingerprint density at radius 1 is 1.44 bits per heavy atom. The fourth-order valence-corrected chi connectivity index (χ4v) is 2.73. The summed E-state index contributed by atoms with van der Waals surface area (Å²) in [5, 5.41) is 3.49. The maximum Gasteiger partial charge on any atom is 0.0948 e. The van der Waals surface area contributed by atoms with Crippen LogP contribution in [0.5, 0.6) is 0 Å². The van der Waals surface area contributed by atoms with Crippen molar-refractivity contribution in [1.29, 1.82) is 0 Å². The van der Waals surface area contributed by atoms with Crippen molar-refractivity contribution in [2.24, 2.45) is 11.3 Å². The summed E-state index contributed by atoms with van der Waals surface area (Å²) in [5.41, 5.74) is 1.72. The Balaban J connectivity index is 1.87. The summed E-state index contributed by atoms with van der Waals surface area (Å²) in [6.07, 6.45) is 9.14. The van der Waals surface area contributed by atoms with Crippen molar-refractivity contribution in [3.05, 3.63) is 18.2 Å². The van der Waals surface area contributed by atoms with Gasteiger partial charge < -0.3 is 9.88 Å². The Bertz CT molecular complexity index is 356. The van der Waals surface area contributed by atoms with E-state index in [4.69, 9.17) is 0 Å². The molecule has 102 valence electrons. The Hall–Kier alpha value is -0.830. The topological polar surface area (TPSA) is 29.9 Å². The highest BCUT2D eigenvalue weighted by Gasteiger charge is 2.16. The second-order valence-electron chi connectivity index (χ2n) is 6.82. The minimum atomic E-state index is 0.337. The normalized spacial score (nSPS) is 21.2. The van der Waals surface area contributed by atoms with Gasteiger partial charge in [0.15, 0.2) is 0 Å². The van der Waals surface area contributed by atoms with E-state index in [9.17, 15) is 0 Å². The molecule has 0 spiro atoms. The van der Waals surface area contributed by atoms with Gasteiger partial charge in [-0.25, -0.2) is 4.98 Å². The van der Waals surface area contributed by atoms with Gasteiger partial charge in [0.2, 0.25) is 0 Å². The van der Waals surface area contributed by atoms with E-state index in [0.717, 1.165) is 18.9 Å². The van der Waals surface area contributed by atoms with E-state index in [1.165, 1.54) is 38.0 Å². The monoisotopic (exact) mass is 249 g/mol. The molecule has 1 N–H and O–H groups in total. The predicted molar refractivity (Wildman–Crippen MR) is 75.6 cm³/mol. The summed E-state index contributed by atoms with van der Waals surface area (Å²) in [6.45, 7) is 10.4. The van der Waals surface area contributed by atoms with Gasteiger partial charge in [0.1, 0.15) is 0 Å². The lowest BCUT2D eigenvalue weighted by atomic mass is 9.90. The van der Waals surface area contributed by atoms with Crippen LogP contribution in [0.15, 0.2) is 12.5 Å². The number of nitrogens with one attached hydrogen (secondary N) is 1. The van der Waals surface area contributed by atoms with Gasteiger partial charge in [0.25, 0.3) is 0 Å². The quantitative estimate of drug-likeness (QED) is 0.889. The molecule has 3 nitrogen and oxygen atoms in total. The number of piperidine rings is 1. The van der Waals surface area contributed by atoms with Gasteiger partial charge in [0.05, 0.1) is 6.33 Å². The van der Waals surface area contributed by atoms with E-state index in [1.807, 2.05) is 12.5 Å². The SMILES string of the molecule is CC(C)(C)Cc1cncn1CCC1CCCNC1. The van der Waals surface area contributed by atoms with Gasteiger partial charge in [-0.05, 0) is 50.1 Å². The first-order valence-electron chi connectivity index (χ1n) is 7.24. The third-order valence-corrected chi connectivity index (χ3v) is 3.69. The number of aryl methyl sites for hydroxylation is 1. The highest BCUT2D eigenvalue weighted by Crippen LogP contribution is 2.21. The smallest absolute Gasteiger partial charge is 0.0948 e. The average Bonchev–Trinajstić information content (AvgIpc) is 2.73. The van der Waals surface area contributed by atoms with Crippen LogP contribution in [0, 0.1) is 11.3 Å². The first-order valence-corrected chi connectivity index (χ1v) is 7.24. The lowest BCUT2D eigenvalue weighted by Gasteiger charge is -2.24. The molecule has 1 unspecified atom stereocenters. The average molecular weight is 249 g/mol. The van der Waals surface area contributed by atoms with Crippen LogP contribution in [0.1, 0.15) is 45.7 Å². The van der Waals surface area contributed by atoms with Crippen molar-refractivity contribution in [3.8, 4) is 0 Å². The number of nitrogens with zero attached hydrogens (tertiary/aromatic N) is 2. The lowest BCUT2D eigenvalue weighted by molar-refractivity contribution is 0.335. The van der Waals surface area contributed by atoms with Crippen molar-refractivity contribution >= 4 is 0 Å². The van der Waals surface area contributed by atoms with Crippen LogP contribution in [-0.4, -0.2) is 22.6 Å². The van der Waals surface area contributed by atoms with Gasteiger partial charge in [-0.1, -0.05) is 20.8 Å². The van der Waals surface area contributed by atoms with E-state index >= 15 is 0 Å². The van der Waals surface area contributed by atoms with E-state index < -0.39 is 0 Å². The van der Waals surface area contributed by atoms with E-state index in [1.54, 1.807) is 0 Å². The summed E-state index contributed by atoms with van der Waals surface area (Å²) in [7, 11) is 0. The summed E-state index contributed by atoms with van der Waals surface area (Å²) >= 11 is 0. The maximum atomic E-state index is 4.32. The minimum absolute atomic E-state index is 0.337. The second kappa shape index (κ2) is 5.87. The summed E-state index contributed by atoms with van der Waals surface area (Å²) in [6, 6.07) is 0. The molecular weight excluding hydrogens is 222 g/mol. The van der Waals surface area contributed by atoms with Crippen LogP contribution >= 0.6 is 0 Å². The second-order valence-corrected chi connectivity index (χ2v) is 6.82. The van der Waals surface area contributed by atoms with Crippen LogP contribution in [0.3, 0.4) is 0 Å². The highest BCUT2D eigenvalue weighted by molar-refractivity contribution is 5.01. The zero-order valence-electron chi connectivity index (χ0n) is 12.1. The van der Waals surface area contributed by atoms with Crippen LogP contribution in [0.25, 0.3) is 0 Å². The molecule has 1 aromatic heterocycles. The van der Waals surface area contributed by atoms with Gasteiger partial charge in [-0.3, -0.25) is 0 Å². The molecule has 1 aliphatic heterocycles. The van der Waals surface area contributed by atoms with Crippen molar-refractivity contribution in [2.45, 2.75) is 53.0 Å². The Morgan fingerprint density at radius 2 is 2.28 bits per heavy atom. The first kappa shape index (κ1) is 13.6. The van der Waals surface area contributed by atoms with Crippen molar-refractivity contribution < 1.29 is 0 Å². The van der Waals surface area contributed by atoms with Gasteiger partial charge in [0, 0.05) is 18.4 Å². The zero-order chi connectivity index (χ0) is 13.0. The van der Waals surface area contributed by atoms with Crippen molar-refractivity contribution in [3.63, 3.8) is 0 Å². The highest BCUT2D eigenvalue weighted by atomic mass is 15.0. The molecule has 0 aromatic carbocycles. The molecule has 0 amide bonds. The maximum absolute atomic E-state index is 4.32. The van der Waals surface area contributed by atoms with Crippen LogP contribution in [0.2, 0.25) is 0 Å². The first-order chi connectivity index (χ1) is 8.54. The molecule has 18 heavy (non-hydrogen) atoms. The molecule has 0 saturated carbocycles. The lowest BCUT2D eigenvalue weighted by Crippen LogP contribution is -2.30. The van der Waals surface area contributed by atoms with Gasteiger partial charge in [-0.15, -0.1) is 0 Å². The van der Waals surface area contributed by atoms with Crippen LogP contribution in [0.4, 0.5) is 0 Å². The Morgan fingerprint density at radius 3 is 2.94 bits per heavy atom. The fraction of sp³-hybridized carbons (Fsp3) is 0.800. The van der Waals surface area contributed by atoms with Gasteiger partial charge >= 0.3 is 0 Å². The molecule has 3 heteroatoms. The Labute approximate surface area is 111 Å².